The van der Waals surface area contributed by atoms with Crippen molar-refractivity contribution in [1.29, 1.82) is 0 Å². The van der Waals surface area contributed by atoms with Crippen molar-refractivity contribution in [3.63, 3.8) is 0 Å². The lowest BCUT2D eigenvalue weighted by molar-refractivity contribution is -0.154. The van der Waals surface area contributed by atoms with Crippen molar-refractivity contribution in [2.75, 3.05) is 26.7 Å². The fourth-order valence-electron chi connectivity index (χ4n) is 3.39. The van der Waals surface area contributed by atoms with Crippen LogP contribution in [0, 0.1) is 0 Å². The summed E-state index contributed by atoms with van der Waals surface area (Å²) in [6.45, 7) is 5.41. The highest BCUT2D eigenvalue weighted by molar-refractivity contribution is 5.78. The number of fused-ring (bicyclic) bond motifs is 1. The molecule has 0 radical (unpaired) electrons. The van der Waals surface area contributed by atoms with Gasteiger partial charge < -0.3 is 19.0 Å². The molecule has 8 heteroatoms. The van der Waals surface area contributed by atoms with Crippen molar-refractivity contribution >= 4 is 11.8 Å². The van der Waals surface area contributed by atoms with Crippen LogP contribution in [0.4, 0.5) is 0 Å². The summed E-state index contributed by atoms with van der Waals surface area (Å²) in [7, 11) is 1.82. The third-order valence-corrected chi connectivity index (χ3v) is 5.00. The van der Waals surface area contributed by atoms with E-state index in [1.807, 2.05) is 25.8 Å². The average Bonchev–Trinajstić information content (AvgIpc) is 2.96. The smallest absolute Gasteiger partial charge is 0.248 e. The molecule has 2 aliphatic heterocycles. The van der Waals surface area contributed by atoms with Gasteiger partial charge >= 0.3 is 0 Å². The second-order valence-corrected chi connectivity index (χ2v) is 7.07. The summed E-state index contributed by atoms with van der Waals surface area (Å²) in [6, 6.07) is 0.0589. The van der Waals surface area contributed by atoms with Crippen molar-refractivity contribution in [3.8, 4) is 0 Å². The van der Waals surface area contributed by atoms with Crippen LogP contribution in [0.25, 0.3) is 0 Å². The Hall–Kier alpha value is -1.96. The minimum Gasteiger partial charge on any atom is -0.425 e. The zero-order chi connectivity index (χ0) is 18.0. The van der Waals surface area contributed by atoms with Crippen LogP contribution in [0.3, 0.4) is 0 Å². The van der Waals surface area contributed by atoms with Crippen LogP contribution in [-0.2, 0) is 20.7 Å². The van der Waals surface area contributed by atoms with E-state index in [4.69, 9.17) is 9.15 Å². The Kier molecular flexibility index (Phi) is 5.36. The number of hydrogen-bond donors (Lipinski definition) is 0. The van der Waals surface area contributed by atoms with E-state index in [1.54, 1.807) is 4.90 Å². The summed E-state index contributed by atoms with van der Waals surface area (Å²) in [5.74, 6) is 1.39. The maximum Gasteiger partial charge on any atom is 0.248 e. The Morgan fingerprint density at radius 1 is 1.28 bits per heavy atom. The lowest BCUT2D eigenvalue weighted by Gasteiger charge is -2.37. The van der Waals surface area contributed by atoms with Crippen LogP contribution in [0.2, 0.25) is 0 Å². The van der Waals surface area contributed by atoms with Crippen LogP contribution >= 0.6 is 0 Å². The number of hydrogen-bond acceptors (Lipinski definition) is 6. The van der Waals surface area contributed by atoms with Crippen LogP contribution < -0.4 is 0 Å². The van der Waals surface area contributed by atoms with E-state index in [1.165, 1.54) is 0 Å². The molecule has 0 bridgehead atoms. The minimum atomic E-state index is 0.0124. The largest absolute Gasteiger partial charge is 0.425 e. The summed E-state index contributed by atoms with van der Waals surface area (Å²) in [4.78, 5) is 27.9. The fraction of sp³-hybridized carbons (Fsp3) is 0.765. The summed E-state index contributed by atoms with van der Waals surface area (Å²) < 4.78 is 11.2. The van der Waals surface area contributed by atoms with Gasteiger partial charge in [-0.25, -0.2) is 0 Å². The van der Waals surface area contributed by atoms with E-state index in [0.29, 0.717) is 37.7 Å². The number of amides is 2. The maximum absolute atomic E-state index is 12.5. The molecule has 2 atom stereocenters. The topological polar surface area (TPSA) is 88.8 Å². The molecule has 3 rings (SSSR count). The highest BCUT2D eigenvalue weighted by Gasteiger charge is 2.37. The third kappa shape index (κ3) is 4.00. The molecule has 1 aromatic heterocycles. The van der Waals surface area contributed by atoms with E-state index in [-0.39, 0.29) is 36.5 Å². The zero-order valence-corrected chi connectivity index (χ0v) is 15.1. The Bertz CT molecular complexity index is 630. The number of carbonyl (C=O) groups excluding carboxylic acids is 2. The first-order chi connectivity index (χ1) is 12.0. The van der Waals surface area contributed by atoms with Gasteiger partial charge in [-0.3, -0.25) is 9.59 Å². The number of nitrogens with zero attached hydrogens (tertiary/aromatic N) is 4. The van der Waals surface area contributed by atoms with Gasteiger partial charge in [0.1, 0.15) is 6.61 Å². The Morgan fingerprint density at radius 2 is 2.04 bits per heavy atom. The first-order valence-electron chi connectivity index (χ1n) is 8.93. The highest BCUT2D eigenvalue weighted by Crippen LogP contribution is 2.23. The van der Waals surface area contributed by atoms with Crippen LogP contribution in [0.5, 0.6) is 0 Å². The Balaban J connectivity index is 1.53. The molecule has 0 spiro atoms. The number of likely N-dealkylation sites (tertiary alicyclic amines) is 1. The van der Waals surface area contributed by atoms with Gasteiger partial charge in [-0.15, -0.1) is 10.2 Å². The Morgan fingerprint density at radius 3 is 2.76 bits per heavy atom. The quantitative estimate of drug-likeness (QED) is 0.804. The predicted molar refractivity (Wildman–Crippen MR) is 88.8 cm³/mol. The van der Waals surface area contributed by atoms with Gasteiger partial charge in [0.15, 0.2) is 0 Å². The number of aryl methyl sites for hydroxylation is 1. The van der Waals surface area contributed by atoms with Crippen molar-refractivity contribution in [2.45, 2.75) is 57.6 Å². The van der Waals surface area contributed by atoms with E-state index in [9.17, 15) is 9.59 Å². The number of carbonyl (C=O) groups is 2. The van der Waals surface area contributed by atoms with Crippen LogP contribution in [0.1, 0.15) is 50.8 Å². The molecule has 0 N–H and O–H groups in total. The summed E-state index contributed by atoms with van der Waals surface area (Å²) in [5, 5.41) is 7.99. The number of morpholine rings is 1. The van der Waals surface area contributed by atoms with E-state index < -0.39 is 0 Å². The predicted octanol–water partition coefficient (Wildman–Crippen LogP) is 0.974. The zero-order valence-electron chi connectivity index (χ0n) is 15.1. The normalized spacial score (nSPS) is 24.4. The molecular weight excluding hydrogens is 324 g/mol. The molecule has 0 aliphatic carbocycles. The molecular formula is C17H26N4O4. The third-order valence-electron chi connectivity index (χ3n) is 5.00. The number of rotatable bonds is 4. The molecule has 2 fully saturated rings. The summed E-state index contributed by atoms with van der Waals surface area (Å²) in [5.41, 5.74) is 0. The van der Waals surface area contributed by atoms with Crippen molar-refractivity contribution in [1.82, 2.24) is 20.0 Å². The maximum atomic E-state index is 12.5. The number of aromatic nitrogens is 2. The molecule has 8 nitrogen and oxygen atoms in total. The SMILES string of the molecule is CC(C)c1nnc(CCC(=O)N2CC[C@@H]3OCC(=O)N(C)[C@H]3CC2)o1. The monoisotopic (exact) mass is 350 g/mol. The number of likely N-dealkylation sites (N-methyl/N-ethyl adjacent to an activating group) is 1. The van der Waals surface area contributed by atoms with E-state index >= 15 is 0 Å². The van der Waals surface area contributed by atoms with Gasteiger partial charge in [0.05, 0.1) is 12.1 Å². The van der Waals surface area contributed by atoms with E-state index in [2.05, 4.69) is 10.2 Å². The average molecular weight is 350 g/mol. The molecule has 25 heavy (non-hydrogen) atoms. The second kappa shape index (κ2) is 7.51. The van der Waals surface area contributed by atoms with Gasteiger partial charge in [0, 0.05) is 38.9 Å². The highest BCUT2D eigenvalue weighted by atomic mass is 16.5. The lowest BCUT2D eigenvalue weighted by atomic mass is 10.0. The molecule has 3 heterocycles. The first-order valence-corrected chi connectivity index (χ1v) is 8.93. The fourth-order valence-corrected chi connectivity index (χ4v) is 3.39. The minimum absolute atomic E-state index is 0.0124. The Labute approximate surface area is 147 Å². The van der Waals surface area contributed by atoms with Crippen molar-refractivity contribution in [3.05, 3.63) is 11.8 Å². The standard InChI is InChI=1S/C17H26N4O4/c1-11(2)17-19-18-14(25-17)4-5-15(22)21-8-6-12-13(7-9-21)24-10-16(23)20(12)3/h11-13H,4-10H2,1-3H3/t12-,13-/m0/s1. The molecule has 0 unspecified atom stereocenters. The molecule has 2 aliphatic rings. The second-order valence-electron chi connectivity index (χ2n) is 7.07. The van der Waals surface area contributed by atoms with Gasteiger partial charge in [-0.2, -0.15) is 0 Å². The van der Waals surface area contributed by atoms with Gasteiger partial charge in [0.25, 0.3) is 0 Å². The molecule has 2 saturated heterocycles. The molecule has 2 amide bonds. The molecule has 0 saturated carbocycles. The van der Waals surface area contributed by atoms with Gasteiger partial charge in [-0.1, -0.05) is 13.8 Å². The van der Waals surface area contributed by atoms with Crippen LogP contribution in [0.15, 0.2) is 4.42 Å². The van der Waals surface area contributed by atoms with Gasteiger partial charge in [-0.05, 0) is 12.8 Å². The summed E-state index contributed by atoms with van der Waals surface area (Å²) >= 11 is 0. The molecule has 0 aromatic carbocycles. The van der Waals surface area contributed by atoms with E-state index in [0.717, 1.165) is 12.8 Å². The van der Waals surface area contributed by atoms with Crippen molar-refractivity contribution < 1.29 is 18.7 Å². The number of ether oxygens (including phenoxy) is 1. The van der Waals surface area contributed by atoms with Crippen molar-refractivity contribution in [2.24, 2.45) is 0 Å². The van der Waals surface area contributed by atoms with Gasteiger partial charge in [0.2, 0.25) is 23.6 Å². The van der Waals surface area contributed by atoms with Crippen LogP contribution in [-0.4, -0.2) is 70.7 Å². The molecule has 1 aromatic rings. The molecule has 138 valence electrons. The summed E-state index contributed by atoms with van der Waals surface area (Å²) in [6.07, 6.45) is 2.33. The lowest BCUT2D eigenvalue weighted by Crippen LogP contribution is -2.52. The first kappa shape index (κ1) is 17.8.